The van der Waals surface area contributed by atoms with Gasteiger partial charge in [-0.2, -0.15) is 0 Å². The van der Waals surface area contributed by atoms with E-state index in [1.807, 2.05) is 13.0 Å². The van der Waals surface area contributed by atoms with Gasteiger partial charge in [0.25, 0.3) is 0 Å². The Morgan fingerprint density at radius 2 is 1.89 bits per heavy atom. The first-order chi connectivity index (χ1) is 8.19. The predicted octanol–water partition coefficient (Wildman–Crippen LogP) is 2.25. The van der Waals surface area contributed by atoms with Crippen LogP contribution in [0.25, 0.3) is 0 Å². The van der Waals surface area contributed by atoms with Crippen LogP contribution >= 0.6 is 0 Å². The minimum Gasteiger partial charge on any atom is -0.393 e. The Morgan fingerprint density at radius 1 is 1.28 bits per heavy atom. The van der Waals surface area contributed by atoms with Gasteiger partial charge in [-0.25, -0.2) is 0 Å². The zero-order valence-corrected chi connectivity index (χ0v) is 12.1. The summed E-state index contributed by atoms with van der Waals surface area (Å²) in [6.07, 6.45) is 5.61. The van der Waals surface area contributed by atoms with E-state index >= 15 is 0 Å². The van der Waals surface area contributed by atoms with E-state index in [1.54, 1.807) is 13.0 Å². The van der Waals surface area contributed by atoms with Gasteiger partial charge < -0.3 is 15.3 Å². The highest BCUT2D eigenvalue weighted by molar-refractivity contribution is 5.09. The van der Waals surface area contributed by atoms with E-state index in [0.29, 0.717) is 12.8 Å². The third kappa shape index (κ3) is 3.81. The first kappa shape index (κ1) is 15.7. The minimum atomic E-state index is -0.913. The Balaban J connectivity index is 2.83. The topological polar surface area (TPSA) is 60.7 Å². The van der Waals surface area contributed by atoms with Crippen molar-refractivity contribution in [3.63, 3.8) is 0 Å². The molecule has 0 heterocycles. The normalized spacial score (nSPS) is 37.9. The molecule has 0 aromatic carbocycles. The Hall–Kier alpha value is -0.380. The van der Waals surface area contributed by atoms with E-state index in [1.165, 1.54) is 0 Å². The van der Waals surface area contributed by atoms with Crippen LogP contribution in [-0.2, 0) is 0 Å². The van der Waals surface area contributed by atoms with Crippen LogP contribution in [-0.4, -0.2) is 33.1 Å². The zero-order chi connectivity index (χ0) is 14.0. The van der Waals surface area contributed by atoms with Gasteiger partial charge in [-0.05, 0) is 25.2 Å². The third-order valence-corrected chi connectivity index (χ3v) is 4.03. The lowest BCUT2D eigenvalue weighted by atomic mass is 9.61. The number of hydrogen-bond donors (Lipinski definition) is 3. The van der Waals surface area contributed by atoms with Crippen LogP contribution in [0.2, 0.25) is 0 Å². The summed E-state index contributed by atoms with van der Waals surface area (Å²) < 4.78 is 0. The van der Waals surface area contributed by atoms with Crippen molar-refractivity contribution in [3.05, 3.63) is 12.2 Å². The molecule has 3 nitrogen and oxygen atoms in total. The lowest BCUT2D eigenvalue weighted by Gasteiger charge is -2.48. The van der Waals surface area contributed by atoms with Crippen molar-refractivity contribution in [3.8, 4) is 0 Å². The van der Waals surface area contributed by atoms with Crippen LogP contribution in [0.3, 0.4) is 0 Å². The molecule has 0 spiro atoms. The average Bonchev–Trinajstić information content (AvgIpc) is 2.12. The largest absolute Gasteiger partial charge is 0.393 e. The maximum absolute atomic E-state index is 10.5. The monoisotopic (exact) mass is 256 g/mol. The van der Waals surface area contributed by atoms with Gasteiger partial charge in [-0.3, -0.25) is 0 Å². The second kappa shape index (κ2) is 5.72. The molecule has 3 N–H and O–H groups in total. The predicted molar refractivity (Wildman–Crippen MR) is 73.2 cm³/mol. The highest BCUT2D eigenvalue weighted by atomic mass is 16.3. The Bertz CT molecular complexity index is 276. The van der Waals surface area contributed by atoms with Gasteiger partial charge in [0.15, 0.2) is 0 Å². The van der Waals surface area contributed by atoms with Crippen LogP contribution in [0.4, 0.5) is 0 Å². The summed E-state index contributed by atoms with van der Waals surface area (Å²) in [5, 5.41) is 30.1. The minimum absolute atomic E-state index is 0.0418. The van der Waals surface area contributed by atoms with Crippen molar-refractivity contribution in [2.24, 2.45) is 11.3 Å². The molecule has 1 fully saturated rings. The maximum atomic E-state index is 10.5. The van der Waals surface area contributed by atoms with Crippen molar-refractivity contribution < 1.29 is 15.3 Å². The highest BCUT2D eigenvalue weighted by Gasteiger charge is 2.47. The third-order valence-electron chi connectivity index (χ3n) is 4.03. The number of aliphatic hydroxyl groups excluding tert-OH is 2. The van der Waals surface area contributed by atoms with E-state index in [2.05, 4.69) is 13.8 Å². The Kier molecular flexibility index (Phi) is 4.98. The van der Waals surface area contributed by atoms with Crippen molar-refractivity contribution in [2.75, 3.05) is 0 Å². The zero-order valence-electron chi connectivity index (χ0n) is 12.1. The van der Waals surface area contributed by atoms with Gasteiger partial charge in [0, 0.05) is 12.3 Å². The van der Waals surface area contributed by atoms with Crippen LogP contribution in [0.15, 0.2) is 12.2 Å². The van der Waals surface area contributed by atoms with Crippen LogP contribution in [0.5, 0.6) is 0 Å². The quantitative estimate of drug-likeness (QED) is 0.676. The van der Waals surface area contributed by atoms with E-state index in [0.717, 1.165) is 12.8 Å². The molecular formula is C15H28O3. The molecule has 1 aliphatic carbocycles. The molecular weight excluding hydrogens is 228 g/mol. The van der Waals surface area contributed by atoms with Gasteiger partial charge in [-0.15, -0.1) is 0 Å². The number of hydrogen-bond acceptors (Lipinski definition) is 3. The SMILES string of the molecule is CCCC(O)/C=C/C1C(C)(C)CC(O)CC1(C)O. The van der Waals surface area contributed by atoms with Gasteiger partial charge in [-0.1, -0.05) is 39.3 Å². The smallest absolute Gasteiger partial charge is 0.0720 e. The van der Waals surface area contributed by atoms with Crippen LogP contribution in [0.1, 0.15) is 53.4 Å². The van der Waals surface area contributed by atoms with E-state index in [4.69, 9.17) is 0 Å². The van der Waals surface area contributed by atoms with E-state index in [9.17, 15) is 15.3 Å². The molecule has 0 aliphatic heterocycles. The summed E-state index contributed by atoms with van der Waals surface area (Å²) in [5.41, 5.74) is -1.08. The van der Waals surface area contributed by atoms with Crippen molar-refractivity contribution in [1.82, 2.24) is 0 Å². The van der Waals surface area contributed by atoms with Gasteiger partial charge in [0.05, 0.1) is 17.8 Å². The first-order valence-corrected chi connectivity index (χ1v) is 6.96. The second-order valence-electron chi connectivity index (χ2n) is 6.63. The fourth-order valence-electron chi connectivity index (χ4n) is 3.35. The molecule has 0 radical (unpaired) electrons. The van der Waals surface area contributed by atoms with Crippen molar-refractivity contribution >= 4 is 0 Å². The summed E-state index contributed by atoms with van der Waals surface area (Å²) >= 11 is 0. The molecule has 1 aliphatic rings. The van der Waals surface area contributed by atoms with E-state index in [-0.39, 0.29) is 11.3 Å². The fraction of sp³-hybridized carbons (Fsp3) is 0.867. The lowest BCUT2D eigenvalue weighted by Crippen LogP contribution is -2.50. The highest BCUT2D eigenvalue weighted by Crippen LogP contribution is 2.46. The van der Waals surface area contributed by atoms with Crippen molar-refractivity contribution in [2.45, 2.75) is 71.2 Å². The molecule has 0 aromatic heterocycles. The maximum Gasteiger partial charge on any atom is 0.0720 e. The molecule has 4 unspecified atom stereocenters. The summed E-state index contributed by atoms with van der Waals surface area (Å²) in [4.78, 5) is 0. The molecule has 0 aromatic rings. The Morgan fingerprint density at radius 3 is 2.39 bits per heavy atom. The van der Waals surface area contributed by atoms with Crippen molar-refractivity contribution in [1.29, 1.82) is 0 Å². The Labute approximate surface area is 111 Å². The van der Waals surface area contributed by atoms with Gasteiger partial charge >= 0.3 is 0 Å². The standard InChI is InChI=1S/C15H28O3/c1-5-6-11(16)7-8-13-14(2,3)9-12(17)10-15(13,4)18/h7-8,11-13,16-18H,5-6,9-10H2,1-4H3/b8-7+. The molecule has 3 heteroatoms. The molecule has 0 bridgehead atoms. The molecule has 0 saturated heterocycles. The summed E-state index contributed by atoms with van der Waals surface area (Å²) in [7, 11) is 0. The number of aliphatic hydroxyl groups is 3. The van der Waals surface area contributed by atoms with Crippen LogP contribution in [0, 0.1) is 11.3 Å². The average molecular weight is 256 g/mol. The molecule has 1 rings (SSSR count). The molecule has 18 heavy (non-hydrogen) atoms. The summed E-state index contributed by atoms with van der Waals surface area (Å²) in [6.45, 7) is 7.93. The second-order valence-corrected chi connectivity index (χ2v) is 6.63. The fourth-order valence-corrected chi connectivity index (χ4v) is 3.35. The van der Waals surface area contributed by atoms with Crippen LogP contribution < -0.4 is 0 Å². The van der Waals surface area contributed by atoms with E-state index < -0.39 is 17.8 Å². The lowest BCUT2D eigenvalue weighted by molar-refractivity contribution is -0.111. The molecule has 106 valence electrons. The summed E-state index contributed by atoms with van der Waals surface area (Å²) in [6, 6.07) is 0. The summed E-state index contributed by atoms with van der Waals surface area (Å²) in [5.74, 6) is -0.0418. The molecule has 1 saturated carbocycles. The first-order valence-electron chi connectivity index (χ1n) is 6.96. The van der Waals surface area contributed by atoms with Gasteiger partial charge in [0.1, 0.15) is 0 Å². The molecule has 4 atom stereocenters. The van der Waals surface area contributed by atoms with Gasteiger partial charge in [0.2, 0.25) is 0 Å². The molecule has 0 amide bonds. The number of rotatable bonds is 4.